The number of hydrogen-bond donors (Lipinski definition) is 3. The fourth-order valence-corrected chi connectivity index (χ4v) is 2.72. The Kier molecular flexibility index (Phi) is 4.98. The molecule has 0 radical (unpaired) electrons. The van der Waals surface area contributed by atoms with Crippen molar-refractivity contribution in [3.05, 3.63) is 63.8 Å². The quantitative estimate of drug-likeness (QED) is 0.265. The molecule has 2 aromatic carbocycles. The van der Waals surface area contributed by atoms with Crippen LogP contribution in [0.3, 0.4) is 0 Å². The van der Waals surface area contributed by atoms with Crippen LogP contribution in [0.25, 0.3) is 10.9 Å². The number of aromatic nitrogens is 1. The minimum absolute atomic E-state index is 0.00450. The van der Waals surface area contributed by atoms with Crippen molar-refractivity contribution in [1.82, 2.24) is 4.98 Å². The number of nitrogens with one attached hydrogen (secondary N) is 2. The van der Waals surface area contributed by atoms with E-state index in [-0.39, 0.29) is 16.9 Å². The highest BCUT2D eigenvalue weighted by atomic mass is 16.6. The first-order valence-electron chi connectivity index (χ1n) is 8.75. The van der Waals surface area contributed by atoms with E-state index in [2.05, 4.69) is 10.3 Å². The average Bonchev–Trinajstić information content (AvgIpc) is 3.03. The molecule has 0 aliphatic heterocycles. The van der Waals surface area contributed by atoms with Crippen molar-refractivity contribution in [2.75, 3.05) is 11.1 Å². The Hall–Kier alpha value is -3.88. The first kappa shape index (κ1) is 19.9. The lowest BCUT2D eigenvalue weighted by Crippen LogP contribution is -2.24. The van der Waals surface area contributed by atoms with Crippen LogP contribution in [0.1, 0.15) is 41.6 Å². The Labute approximate surface area is 166 Å². The molecule has 9 heteroatoms. The van der Waals surface area contributed by atoms with Crippen LogP contribution in [-0.2, 0) is 4.74 Å². The lowest BCUT2D eigenvalue weighted by molar-refractivity contribution is -0.384. The van der Waals surface area contributed by atoms with E-state index in [4.69, 9.17) is 10.5 Å². The monoisotopic (exact) mass is 396 g/mol. The second kappa shape index (κ2) is 7.27. The van der Waals surface area contributed by atoms with Gasteiger partial charge in [0.05, 0.1) is 16.2 Å². The van der Waals surface area contributed by atoms with E-state index in [0.717, 1.165) is 11.5 Å². The molecule has 3 aromatic rings. The standard InChI is InChI=1S/C20H20N4O5/c1-20(2,3)29-19(26)17-8-11-4-5-12(9-16(11)23-17)22-18(25)14-7-6-13(24(27)28)10-15(14)21/h4-10,23H,21H2,1-3H3,(H,22,25). The molecule has 0 saturated carbocycles. The number of H-pyrrole nitrogens is 1. The highest BCUT2D eigenvalue weighted by Gasteiger charge is 2.20. The number of nitro groups is 1. The van der Waals surface area contributed by atoms with Crippen molar-refractivity contribution >= 4 is 39.8 Å². The van der Waals surface area contributed by atoms with Gasteiger partial charge in [0.2, 0.25) is 0 Å². The van der Waals surface area contributed by atoms with Gasteiger partial charge in [0, 0.05) is 28.7 Å². The van der Waals surface area contributed by atoms with Crippen molar-refractivity contribution in [1.29, 1.82) is 0 Å². The SMILES string of the molecule is CC(C)(C)OC(=O)c1cc2ccc(NC(=O)c3ccc([N+](=O)[O-])cc3N)cc2[nH]1. The van der Waals surface area contributed by atoms with Crippen LogP contribution in [0.2, 0.25) is 0 Å². The van der Waals surface area contributed by atoms with Gasteiger partial charge in [0.15, 0.2) is 0 Å². The molecular weight excluding hydrogens is 376 g/mol. The fourth-order valence-electron chi connectivity index (χ4n) is 2.72. The van der Waals surface area contributed by atoms with Crippen molar-refractivity contribution in [2.45, 2.75) is 26.4 Å². The Bertz CT molecular complexity index is 1130. The van der Waals surface area contributed by atoms with E-state index >= 15 is 0 Å². The second-order valence-electron chi connectivity index (χ2n) is 7.47. The van der Waals surface area contributed by atoms with Gasteiger partial charge in [-0.1, -0.05) is 6.07 Å². The maximum absolute atomic E-state index is 12.5. The summed E-state index contributed by atoms with van der Waals surface area (Å²) in [5, 5.41) is 14.3. The summed E-state index contributed by atoms with van der Waals surface area (Å²) in [6, 6.07) is 10.4. The fraction of sp³-hybridized carbons (Fsp3) is 0.200. The summed E-state index contributed by atoms with van der Waals surface area (Å²) in [5.74, 6) is -0.978. The smallest absolute Gasteiger partial charge is 0.355 e. The van der Waals surface area contributed by atoms with E-state index in [1.807, 2.05) is 0 Å². The van der Waals surface area contributed by atoms with Gasteiger partial charge in [-0.25, -0.2) is 4.79 Å². The molecule has 29 heavy (non-hydrogen) atoms. The summed E-state index contributed by atoms with van der Waals surface area (Å²) in [4.78, 5) is 37.9. The summed E-state index contributed by atoms with van der Waals surface area (Å²) in [5.41, 5.74) is 6.50. The molecule has 0 aliphatic rings. The molecule has 0 saturated heterocycles. The van der Waals surface area contributed by atoms with Crippen molar-refractivity contribution in [3.8, 4) is 0 Å². The van der Waals surface area contributed by atoms with E-state index in [1.165, 1.54) is 12.1 Å². The molecule has 1 amide bonds. The first-order chi connectivity index (χ1) is 13.5. The highest BCUT2D eigenvalue weighted by Crippen LogP contribution is 2.24. The topological polar surface area (TPSA) is 140 Å². The molecule has 1 aromatic heterocycles. The number of ether oxygens (including phenoxy) is 1. The van der Waals surface area contributed by atoms with Gasteiger partial charge in [-0.2, -0.15) is 0 Å². The third-order valence-electron chi connectivity index (χ3n) is 3.99. The zero-order chi connectivity index (χ0) is 21.3. The van der Waals surface area contributed by atoms with Crippen LogP contribution in [0.4, 0.5) is 17.1 Å². The van der Waals surface area contributed by atoms with Gasteiger partial charge in [-0.15, -0.1) is 0 Å². The molecule has 0 bridgehead atoms. The Balaban J connectivity index is 1.81. The summed E-state index contributed by atoms with van der Waals surface area (Å²) >= 11 is 0. The maximum Gasteiger partial charge on any atom is 0.355 e. The summed E-state index contributed by atoms with van der Waals surface area (Å²) in [6.07, 6.45) is 0. The number of nitrogen functional groups attached to an aromatic ring is 1. The van der Waals surface area contributed by atoms with Crippen LogP contribution in [0, 0.1) is 10.1 Å². The number of hydrogen-bond acceptors (Lipinski definition) is 6. The predicted molar refractivity (Wildman–Crippen MR) is 109 cm³/mol. The number of nitrogens with zero attached hydrogens (tertiary/aromatic N) is 1. The zero-order valence-electron chi connectivity index (χ0n) is 16.1. The summed E-state index contributed by atoms with van der Waals surface area (Å²) in [6.45, 7) is 5.35. The van der Waals surface area contributed by atoms with Crippen molar-refractivity contribution in [2.24, 2.45) is 0 Å². The van der Waals surface area contributed by atoms with E-state index < -0.39 is 22.4 Å². The van der Waals surface area contributed by atoms with Crippen LogP contribution < -0.4 is 11.1 Å². The second-order valence-corrected chi connectivity index (χ2v) is 7.47. The number of carbonyl (C=O) groups is 2. The highest BCUT2D eigenvalue weighted by molar-refractivity contribution is 6.08. The molecular formula is C20H20N4O5. The van der Waals surface area contributed by atoms with Crippen LogP contribution in [0.5, 0.6) is 0 Å². The maximum atomic E-state index is 12.5. The van der Waals surface area contributed by atoms with Gasteiger partial charge in [0.1, 0.15) is 11.3 Å². The minimum Gasteiger partial charge on any atom is -0.455 e. The molecule has 0 fully saturated rings. The third-order valence-corrected chi connectivity index (χ3v) is 3.99. The number of aromatic amines is 1. The number of carbonyl (C=O) groups excluding carboxylic acids is 2. The predicted octanol–water partition coefficient (Wildman–Crippen LogP) is 3.87. The van der Waals surface area contributed by atoms with Gasteiger partial charge >= 0.3 is 5.97 Å². The number of rotatable bonds is 4. The molecule has 0 aliphatic carbocycles. The molecule has 3 rings (SSSR count). The van der Waals surface area contributed by atoms with Gasteiger partial charge in [0.25, 0.3) is 11.6 Å². The van der Waals surface area contributed by atoms with Crippen LogP contribution in [0.15, 0.2) is 42.5 Å². The van der Waals surface area contributed by atoms with Crippen molar-refractivity contribution < 1.29 is 19.2 Å². The molecule has 4 N–H and O–H groups in total. The molecule has 9 nitrogen and oxygen atoms in total. The number of fused-ring (bicyclic) bond motifs is 1. The van der Waals surface area contributed by atoms with Gasteiger partial charge in [-0.05, 0) is 45.0 Å². The number of nitrogens with two attached hydrogens (primary N) is 1. The first-order valence-corrected chi connectivity index (χ1v) is 8.75. The number of amides is 1. The Morgan fingerprint density at radius 1 is 1.14 bits per heavy atom. The van der Waals surface area contributed by atoms with E-state index in [0.29, 0.717) is 16.9 Å². The van der Waals surface area contributed by atoms with Gasteiger partial charge in [-0.3, -0.25) is 14.9 Å². The van der Waals surface area contributed by atoms with E-state index in [9.17, 15) is 19.7 Å². The number of benzene rings is 2. The third kappa shape index (κ3) is 4.52. The summed E-state index contributed by atoms with van der Waals surface area (Å²) in [7, 11) is 0. The van der Waals surface area contributed by atoms with Crippen molar-refractivity contribution in [3.63, 3.8) is 0 Å². The lowest BCUT2D eigenvalue weighted by atomic mass is 10.1. The molecule has 0 spiro atoms. The Morgan fingerprint density at radius 2 is 1.86 bits per heavy atom. The number of anilines is 2. The molecule has 150 valence electrons. The van der Waals surface area contributed by atoms with Crippen LogP contribution >= 0.6 is 0 Å². The van der Waals surface area contributed by atoms with E-state index in [1.54, 1.807) is 45.0 Å². The zero-order valence-corrected chi connectivity index (χ0v) is 16.1. The summed E-state index contributed by atoms with van der Waals surface area (Å²) < 4.78 is 5.34. The largest absolute Gasteiger partial charge is 0.455 e. The lowest BCUT2D eigenvalue weighted by Gasteiger charge is -2.18. The number of non-ortho nitro benzene ring substituents is 1. The average molecular weight is 396 g/mol. The normalized spacial score (nSPS) is 11.3. The molecule has 0 unspecified atom stereocenters. The minimum atomic E-state index is -0.613. The molecule has 1 heterocycles. The Morgan fingerprint density at radius 3 is 2.48 bits per heavy atom. The number of esters is 1. The molecule has 0 atom stereocenters. The number of nitro benzene ring substituents is 1. The van der Waals surface area contributed by atoms with Crippen LogP contribution in [-0.4, -0.2) is 27.4 Å². The van der Waals surface area contributed by atoms with Gasteiger partial charge < -0.3 is 20.8 Å².